The van der Waals surface area contributed by atoms with Crippen LogP contribution in [0.2, 0.25) is 0 Å². The molecule has 1 amide bonds. The molecule has 3 nitrogen and oxygen atoms in total. The normalized spacial score (nSPS) is 16.0. The van der Waals surface area contributed by atoms with E-state index in [1.165, 1.54) is 6.07 Å². The molecule has 0 saturated carbocycles. The maximum atomic E-state index is 13.9. The van der Waals surface area contributed by atoms with Crippen LogP contribution in [-0.4, -0.2) is 23.9 Å². The van der Waals surface area contributed by atoms with Gasteiger partial charge in [0, 0.05) is 18.8 Å². The maximum Gasteiger partial charge on any atom is 0.256 e. The van der Waals surface area contributed by atoms with Crippen molar-refractivity contribution in [2.45, 2.75) is 26.2 Å². The highest BCUT2D eigenvalue weighted by molar-refractivity contribution is 5.95. The molecule has 0 spiro atoms. The fourth-order valence-corrected chi connectivity index (χ4v) is 2.22. The van der Waals surface area contributed by atoms with Gasteiger partial charge in [0.2, 0.25) is 0 Å². The van der Waals surface area contributed by atoms with Crippen molar-refractivity contribution >= 4 is 11.6 Å². The zero-order valence-electron chi connectivity index (χ0n) is 10.0. The topological polar surface area (TPSA) is 46.3 Å². The SMILES string of the molecule is Cc1cc(N)cc(C(=O)N2CCCCC2)c1F. The van der Waals surface area contributed by atoms with Gasteiger partial charge < -0.3 is 10.6 Å². The van der Waals surface area contributed by atoms with Gasteiger partial charge in [0.05, 0.1) is 5.56 Å². The number of nitrogens with zero attached hydrogens (tertiary/aromatic N) is 1. The Balaban J connectivity index is 2.29. The van der Waals surface area contributed by atoms with Crippen LogP contribution in [0.15, 0.2) is 12.1 Å². The van der Waals surface area contributed by atoms with Crippen LogP contribution in [0.1, 0.15) is 35.2 Å². The van der Waals surface area contributed by atoms with Gasteiger partial charge in [-0.3, -0.25) is 4.79 Å². The lowest BCUT2D eigenvalue weighted by Gasteiger charge is -2.27. The lowest BCUT2D eigenvalue weighted by molar-refractivity contribution is 0.0719. The minimum Gasteiger partial charge on any atom is -0.399 e. The number of aryl methyl sites for hydroxylation is 1. The van der Waals surface area contributed by atoms with E-state index < -0.39 is 5.82 Å². The van der Waals surface area contributed by atoms with Gasteiger partial charge in [0.15, 0.2) is 0 Å². The molecule has 0 unspecified atom stereocenters. The molecule has 0 radical (unpaired) electrons. The third-order valence-electron chi connectivity index (χ3n) is 3.15. The van der Waals surface area contributed by atoms with E-state index in [0.29, 0.717) is 24.3 Å². The van der Waals surface area contributed by atoms with E-state index in [1.54, 1.807) is 17.9 Å². The van der Waals surface area contributed by atoms with Crippen LogP contribution >= 0.6 is 0 Å². The number of likely N-dealkylation sites (tertiary alicyclic amines) is 1. The predicted octanol–water partition coefficient (Wildman–Crippen LogP) is 2.34. The van der Waals surface area contributed by atoms with E-state index in [2.05, 4.69) is 0 Å². The Bertz CT molecular complexity index is 439. The number of carbonyl (C=O) groups excluding carboxylic acids is 1. The summed E-state index contributed by atoms with van der Waals surface area (Å²) in [5.41, 5.74) is 6.62. The zero-order chi connectivity index (χ0) is 12.4. The number of anilines is 1. The van der Waals surface area contributed by atoms with E-state index >= 15 is 0 Å². The average molecular weight is 236 g/mol. The zero-order valence-corrected chi connectivity index (χ0v) is 10.0. The third kappa shape index (κ3) is 2.40. The van der Waals surface area contributed by atoms with Crippen LogP contribution in [0, 0.1) is 12.7 Å². The van der Waals surface area contributed by atoms with E-state index in [0.717, 1.165) is 19.3 Å². The first kappa shape index (κ1) is 11.9. The van der Waals surface area contributed by atoms with Gasteiger partial charge in [0.25, 0.3) is 5.91 Å². The molecular formula is C13H17FN2O. The second-order valence-electron chi connectivity index (χ2n) is 4.55. The van der Waals surface area contributed by atoms with E-state index in [9.17, 15) is 9.18 Å². The molecule has 0 aromatic heterocycles. The number of nitrogens with two attached hydrogens (primary N) is 1. The summed E-state index contributed by atoms with van der Waals surface area (Å²) >= 11 is 0. The van der Waals surface area contributed by atoms with Gasteiger partial charge in [-0.15, -0.1) is 0 Å². The molecule has 1 aromatic carbocycles. The second-order valence-corrected chi connectivity index (χ2v) is 4.55. The maximum absolute atomic E-state index is 13.9. The Morgan fingerprint density at radius 1 is 1.29 bits per heavy atom. The molecule has 1 saturated heterocycles. The number of hydrogen-bond donors (Lipinski definition) is 1. The molecule has 2 N–H and O–H groups in total. The number of hydrogen-bond acceptors (Lipinski definition) is 2. The molecule has 1 aliphatic rings. The van der Waals surface area contributed by atoms with E-state index in [-0.39, 0.29) is 11.5 Å². The molecule has 1 aliphatic heterocycles. The molecule has 4 heteroatoms. The number of rotatable bonds is 1. The fraction of sp³-hybridized carbons (Fsp3) is 0.462. The van der Waals surface area contributed by atoms with Gasteiger partial charge in [-0.1, -0.05) is 0 Å². The summed E-state index contributed by atoms with van der Waals surface area (Å²) in [6.07, 6.45) is 3.13. The van der Waals surface area contributed by atoms with Crippen molar-refractivity contribution in [2.75, 3.05) is 18.8 Å². The van der Waals surface area contributed by atoms with Crippen molar-refractivity contribution in [3.05, 3.63) is 29.1 Å². The molecule has 2 rings (SSSR count). The Hall–Kier alpha value is -1.58. The van der Waals surface area contributed by atoms with Crippen molar-refractivity contribution in [1.29, 1.82) is 0 Å². The highest BCUT2D eigenvalue weighted by Gasteiger charge is 2.22. The Morgan fingerprint density at radius 3 is 2.59 bits per heavy atom. The first-order chi connectivity index (χ1) is 8.09. The molecule has 0 atom stereocenters. The quantitative estimate of drug-likeness (QED) is 0.761. The largest absolute Gasteiger partial charge is 0.399 e. The number of benzene rings is 1. The van der Waals surface area contributed by atoms with Crippen LogP contribution in [0.5, 0.6) is 0 Å². The monoisotopic (exact) mass is 236 g/mol. The second kappa shape index (κ2) is 4.73. The van der Waals surface area contributed by atoms with Crippen LogP contribution in [0.25, 0.3) is 0 Å². The molecule has 0 aliphatic carbocycles. The molecule has 1 fully saturated rings. The van der Waals surface area contributed by atoms with Crippen molar-refractivity contribution in [2.24, 2.45) is 0 Å². The lowest BCUT2D eigenvalue weighted by atomic mass is 10.1. The highest BCUT2D eigenvalue weighted by atomic mass is 19.1. The number of carbonyl (C=O) groups is 1. The van der Waals surface area contributed by atoms with Gasteiger partial charge in [-0.25, -0.2) is 4.39 Å². The number of halogens is 1. The summed E-state index contributed by atoms with van der Waals surface area (Å²) in [5.74, 6) is -0.688. The van der Waals surface area contributed by atoms with E-state index in [1.807, 2.05) is 0 Å². The lowest BCUT2D eigenvalue weighted by Crippen LogP contribution is -2.36. The van der Waals surface area contributed by atoms with Gasteiger partial charge >= 0.3 is 0 Å². The Morgan fingerprint density at radius 2 is 1.94 bits per heavy atom. The van der Waals surface area contributed by atoms with Crippen LogP contribution in [-0.2, 0) is 0 Å². The number of amides is 1. The first-order valence-corrected chi connectivity index (χ1v) is 5.94. The van der Waals surface area contributed by atoms with Gasteiger partial charge in [-0.05, 0) is 43.9 Å². The predicted molar refractivity (Wildman–Crippen MR) is 65.3 cm³/mol. The van der Waals surface area contributed by atoms with Crippen molar-refractivity contribution in [3.63, 3.8) is 0 Å². The summed E-state index contributed by atoms with van der Waals surface area (Å²) in [7, 11) is 0. The van der Waals surface area contributed by atoms with Crippen LogP contribution in [0.3, 0.4) is 0 Å². The smallest absolute Gasteiger partial charge is 0.256 e. The van der Waals surface area contributed by atoms with Gasteiger partial charge in [0.1, 0.15) is 5.82 Å². The van der Waals surface area contributed by atoms with Crippen molar-refractivity contribution in [3.8, 4) is 0 Å². The van der Waals surface area contributed by atoms with Crippen molar-refractivity contribution < 1.29 is 9.18 Å². The van der Waals surface area contributed by atoms with Crippen LogP contribution < -0.4 is 5.73 Å². The Kier molecular flexibility index (Phi) is 3.31. The molecule has 92 valence electrons. The Labute approximate surface area is 100 Å². The third-order valence-corrected chi connectivity index (χ3v) is 3.15. The summed E-state index contributed by atoms with van der Waals surface area (Å²) in [5, 5.41) is 0. The highest BCUT2D eigenvalue weighted by Crippen LogP contribution is 2.20. The molecule has 1 heterocycles. The standard InChI is InChI=1S/C13H17FN2O/c1-9-7-10(15)8-11(12(9)14)13(17)16-5-3-2-4-6-16/h7-8H,2-6,15H2,1H3. The fourth-order valence-electron chi connectivity index (χ4n) is 2.22. The first-order valence-electron chi connectivity index (χ1n) is 5.94. The van der Waals surface area contributed by atoms with Crippen molar-refractivity contribution in [1.82, 2.24) is 4.90 Å². The molecule has 0 bridgehead atoms. The van der Waals surface area contributed by atoms with Crippen LogP contribution in [0.4, 0.5) is 10.1 Å². The minimum atomic E-state index is -0.449. The summed E-state index contributed by atoms with van der Waals surface area (Å²) in [6.45, 7) is 3.05. The number of nitrogen functional groups attached to an aromatic ring is 1. The van der Waals surface area contributed by atoms with E-state index in [4.69, 9.17) is 5.73 Å². The summed E-state index contributed by atoms with van der Waals surface area (Å²) < 4.78 is 13.9. The average Bonchev–Trinajstić information content (AvgIpc) is 2.34. The summed E-state index contributed by atoms with van der Waals surface area (Å²) in [4.78, 5) is 13.9. The molecular weight excluding hydrogens is 219 g/mol. The minimum absolute atomic E-state index is 0.101. The summed E-state index contributed by atoms with van der Waals surface area (Å²) in [6, 6.07) is 2.97. The molecule has 1 aromatic rings. The van der Waals surface area contributed by atoms with Gasteiger partial charge in [-0.2, -0.15) is 0 Å². The molecule has 17 heavy (non-hydrogen) atoms. The number of piperidine rings is 1.